The number of aromatic nitrogens is 1. The second-order valence-electron chi connectivity index (χ2n) is 7.19. The Morgan fingerprint density at radius 2 is 1.96 bits per heavy atom. The fraction of sp³-hybridized carbons (Fsp3) is 0.444. The number of sulfonamides is 1. The maximum Gasteiger partial charge on any atom is 0.289 e. The molecule has 2 unspecified atom stereocenters. The predicted octanol–water partition coefficient (Wildman–Crippen LogP) is 1.42. The highest BCUT2D eigenvalue weighted by Crippen LogP contribution is 2.37. The highest BCUT2D eigenvalue weighted by molar-refractivity contribution is 7.89. The Balaban J connectivity index is 1.79. The van der Waals surface area contributed by atoms with Crippen molar-refractivity contribution in [1.82, 2.24) is 14.2 Å². The van der Waals surface area contributed by atoms with Crippen molar-refractivity contribution in [3.63, 3.8) is 0 Å². The lowest BCUT2D eigenvalue weighted by Crippen LogP contribution is -2.52. The summed E-state index contributed by atoms with van der Waals surface area (Å²) in [6.07, 6.45) is 3.05. The molecule has 4 rings (SSSR count). The van der Waals surface area contributed by atoms with Crippen molar-refractivity contribution < 1.29 is 17.6 Å². The summed E-state index contributed by atoms with van der Waals surface area (Å²) in [6.45, 7) is 4.41. The van der Waals surface area contributed by atoms with Crippen molar-refractivity contribution >= 4 is 21.7 Å². The van der Waals surface area contributed by atoms with Crippen LogP contribution in [0, 0.1) is 0 Å². The SMILES string of the molecule is CC(C)N1C2CN(C(=O)c3ccco3)CC2N(C)c2ncccc2S1(=O)=O. The fourth-order valence-electron chi connectivity index (χ4n) is 4.08. The molecule has 2 aliphatic heterocycles. The van der Waals surface area contributed by atoms with Crippen LogP contribution in [0.4, 0.5) is 5.82 Å². The smallest absolute Gasteiger partial charge is 0.289 e. The summed E-state index contributed by atoms with van der Waals surface area (Å²) in [5, 5.41) is 0. The van der Waals surface area contributed by atoms with Crippen LogP contribution in [0.15, 0.2) is 46.0 Å². The number of anilines is 1. The van der Waals surface area contributed by atoms with Gasteiger partial charge in [0.05, 0.1) is 18.3 Å². The molecule has 1 saturated heterocycles. The third-order valence-electron chi connectivity index (χ3n) is 5.25. The van der Waals surface area contributed by atoms with Crippen molar-refractivity contribution in [2.24, 2.45) is 0 Å². The molecule has 8 nitrogen and oxygen atoms in total. The first-order valence-corrected chi connectivity index (χ1v) is 10.3. The quantitative estimate of drug-likeness (QED) is 0.771. The van der Waals surface area contributed by atoms with Crippen LogP contribution < -0.4 is 4.90 Å². The van der Waals surface area contributed by atoms with E-state index in [9.17, 15) is 13.2 Å². The zero-order chi connectivity index (χ0) is 19.3. The van der Waals surface area contributed by atoms with E-state index in [4.69, 9.17) is 4.42 Å². The van der Waals surface area contributed by atoms with Crippen molar-refractivity contribution in [2.75, 3.05) is 25.0 Å². The molecule has 2 atom stereocenters. The number of furan rings is 1. The number of carbonyl (C=O) groups is 1. The zero-order valence-corrected chi connectivity index (χ0v) is 16.3. The molecule has 9 heteroatoms. The molecule has 0 N–H and O–H groups in total. The maximum atomic E-state index is 13.4. The van der Waals surface area contributed by atoms with Crippen LogP contribution in [0.1, 0.15) is 24.4 Å². The first kappa shape index (κ1) is 18.0. The van der Waals surface area contributed by atoms with Crippen LogP contribution in [-0.4, -0.2) is 66.8 Å². The molecule has 1 fully saturated rings. The highest BCUT2D eigenvalue weighted by atomic mass is 32.2. The number of likely N-dealkylation sites (tertiary alicyclic amines) is 1. The van der Waals surface area contributed by atoms with Gasteiger partial charge in [0, 0.05) is 32.4 Å². The van der Waals surface area contributed by atoms with Gasteiger partial charge >= 0.3 is 0 Å². The van der Waals surface area contributed by atoms with Crippen LogP contribution in [0.2, 0.25) is 0 Å². The van der Waals surface area contributed by atoms with Crippen molar-refractivity contribution in [2.45, 2.75) is 36.9 Å². The minimum Gasteiger partial charge on any atom is -0.459 e. The standard InChI is InChI=1S/C18H22N4O4S/c1-12(2)22-14-11-21(18(23)15-6-5-9-26-15)10-13(14)20(3)17-16(27(22,24)25)7-4-8-19-17/h4-9,12-14H,10-11H2,1-3H3. The molecule has 0 radical (unpaired) electrons. The molecular formula is C18H22N4O4S. The topological polar surface area (TPSA) is 87.0 Å². The number of fused-ring (bicyclic) bond motifs is 2. The van der Waals surface area contributed by atoms with Crippen LogP contribution in [0.3, 0.4) is 0 Å². The van der Waals surface area contributed by atoms with Gasteiger partial charge in [0.2, 0.25) is 10.0 Å². The molecule has 27 heavy (non-hydrogen) atoms. The number of rotatable bonds is 2. The Morgan fingerprint density at radius 3 is 2.63 bits per heavy atom. The van der Waals surface area contributed by atoms with Gasteiger partial charge in [-0.25, -0.2) is 13.4 Å². The summed E-state index contributed by atoms with van der Waals surface area (Å²) in [5.41, 5.74) is 0. The van der Waals surface area contributed by atoms with Crippen LogP contribution in [0.5, 0.6) is 0 Å². The Morgan fingerprint density at radius 1 is 1.22 bits per heavy atom. The lowest BCUT2D eigenvalue weighted by Gasteiger charge is -2.33. The molecule has 2 aliphatic rings. The van der Waals surface area contributed by atoms with Crippen LogP contribution >= 0.6 is 0 Å². The third-order valence-corrected chi connectivity index (χ3v) is 7.37. The maximum absolute atomic E-state index is 13.4. The molecule has 144 valence electrons. The summed E-state index contributed by atoms with van der Waals surface area (Å²) < 4.78 is 33.6. The molecule has 1 amide bonds. The lowest BCUT2D eigenvalue weighted by atomic mass is 10.1. The molecule has 0 aliphatic carbocycles. The Labute approximate surface area is 158 Å². The van der Waals surface area contributed by atoms with Crippen molar-refractivity contribution in [3.05, 3.63) is 42.5 Å². The number of pyridine rings is 1. The minimum absolute atomic E-state index is 0.197. The number of amides is 1. The lowest BCUT2D eigenvalue weighted by molar-refractivity contribution is 0.0750. The largest absolute Gasteiger partial charge is 0.459 e. The summed E-state index contributed by atoms with van der Waals surface area (Å²) in [7, 11) is -1.90. The van der Waals surface area contributed by atoms with E-state index in [2.05, 4.69) is 4.98 Å². The second kappa shape index (κ2) is 6.35. The Hall–Kier alpha value is -2.39. The first-order chi connectivity index (χ1) is 12.8. The average molecular weight is 390 g/mol. The summed E-state index contributed by atoms with van der Waals surface area (Å²) in [5.74, 6) is 0.443. The Bertz CT molecular complexity index is 958. The number of hydrogen-bond acceptors (Lipinski definition) is 6. The second-order valence-corrected chi connectivity index (χ2v) is 9.00. The highest BCUT2D eigenvalue weighted by Gasteiger charge is 2.50. The van der Waals surface area contributed by atoms with Gasteiger partial charge in [-0.2, -0.15) is 4.31 Å². The molecule has 0 spiro atoms. The Kier molecular flexibility index (Phi) is 4.23. The van der Waals surface area contributed by atoms with Gasteiger partial charge in [-0.3, -0.25) is 4.79 Å². The van der Waals surface area contributed by atoms with Crippen LogP contribution in [0.25, 0.3) is 0 Å². The van der Waals surface area contributed by atoms with E-state index in [0.29, 0.717) is 18.9 Å². The molecule has 0 aromatic carbocycles. The molecule has 0 saturated carbocycles. The van der Waals surface area contributed by atoms with Gasteiger partial charge in [-0.05, 0) is 38.1 Å². The van der Waals surface area contributed by atoms with E-state index >= 15 is 0 Å². The average Bonchev–Trinajstić information content (AvgIpc) is 3.29. The van der Waals surface area contributed by atoms with Crippen molar-refractivity contribution in [1.29, 1.82) is 0 Å². The number of carbonyl (C=O) groups excluding carboxylic acids is 1. The number of nitrogens with zero attached hydrogens (tertiary/aromatic N) is 4. The molecular weight excluding hydrogens is 368 g/mol. The van der Waals surface area contributed by atoms with E-state index in [0.717, 1.165) is 0 Å². The van der Waals surface area contributed by atoms with Gasteiger partial charge < -0.3 is 14.2 Å². The molecule has 2 aromatic heterocycles. The van der Waals surface area contributed by atoms with E-state index in [-0.39, 0.29) is 34.7 Å². The minimum atomic E-state index is -3.74. The monoisotopic (exact) mass is 390 g/mol. The third kappa shape index (κ3) is 2.72. The molecule has 4 heterocycles. The number of likely N-dealkylation sites (N-methyl/N-ethyl adjacent to an activating group) is 1. The fourth-order valence-corrected chi connectivity index (χ4v) is 6.10. The summed E-state index contributed by atoms with van der Waals surface area (Å²) in [6, 6.07) is 5.70. The summed E-state index contributed by atoms with van der Waals surface area (Å²) in [4.78, 5) is 20.8. The summed E-state index contributed by atoms with van der Waals surface area (Å²) >= 11 is 0. The van der Waals surface area contributed by atoms with Gasteiger partial charge in [0.1, 0.15) is 10.7 Å². The van der Waals surface area contributed by atoms with Gasteiger partial charge in [0.25, 0.3) is 5.91 Å². The van der Waals surface area contributed by atoms with Crippen LogP contribution in [-0.2, 0) is 10.0 Å². The van der Waals surface area contributed by atoms with Gasteiger partial charge in [-0.15, -0.1) is 0 Å². The van der Waals surface area contributed by atoms with Gasteiger partial charge in [-0.1, -0.05) is 0 Å². The molecule has 0 bridgehead atoms. The van der Waals surface area contributed by atoms with E-state index in [1.165, 1.54) is 10.6 Å². The normalized spacial score (nSPS) is 24.6. The van der Waals surface area contributed by atoms with E-state index in [1.54, 1.807) is 35.4 Å². The van der Waals surface area contributed by atoms with Crippen molar-refractivity contribution in [3.8, 4) is 0 Å². The first-order valence-electron chi connectivity index (χ1n) is 8.86. The van der Waals surface area contributed by atoms with E-state index < -0.39 is 10.0 Å². The molecule has 2 aromatic rings. The van der Waals surface area contributed by atoms with Gasteiger partial charge in [0.15, 0.2) is 5.76 Å². The zero-order valence-electron chi connectivity index (χ0n) is 15.4. The van der Waals surface area contributed by atoms with E-state index in [1.807, 2.05) is 25.8 Å². The predicted molar refractivity (Wildman–Crippen MR) is 99.0 cm³/mol. The number of hydrogen-bond donors (Lipinski definition) is 0.